The highest BCUT2D eigenvalue weighted by Crippen LogP contribution is 2.24. The molecule has 0 aliphatic rings. The Bertz CT molecular complexity index is 276. The minimum Gasteiger partial charge on any atom is -0.385 e. The average Bonchev–Trinajstić information content (AvgIpc) is 2.02. The Morgan fingerprint density at radius 3 is 2.00 bits per heavy atom. The van der Waals surface area contributed by atoms with Crippen molar-refractivity contribution < 1.29 is 18.0 Å². The standard InChI is InChI=1S/C9H12F3NO/c1-6(9(10,11)12)4-5-8(13-3)7(2)14/h4-5,13H,1-3H3/b6-4+,8-5+. The number of ketones is 1. The minimum atomic E-state index is -4.34. The molecule has 0 heterocycles. The van der Waals surface area contributed by atoms with E-state index in [-0.39, 0.29) is 11.5 Å². The van der Waals surface area contributed by atoms with E-state index in [2.05, 4.69) is 5.32 Å². The van der Waals surface area contributed by atoms with Gasteiger partial charge in [-0.1, -0.05) is 6.08 Å². The second kappa shape index (κ2) is 4.83. The number of likely N-dealkylation sites (N-methyl/N-ethyl adjacent to an activating group) is 1. The molecule has 0 saturated heterocycles. The fraction of sp³-hybridized carbons (Fsp3) is 0.444. The van der Waals surface area contributed by atoms with E-state index in [1.165, 1.54) is 14.0 Å². The number of hydrogen-bond donors (Lipinski definition) is 1. The highest BCUT2D eigenvalue weighted by molar-refractivity contribution is 5.92. The molecule has 0 bridgehead atoms. The third-order valence-electron chi connectivity index (χ3n) is 1.60. The largest absolute Gasteiger partial charge is 0.412 e. The molecule has 0 aromatic rings. The number of carbonyl (C=O) groups excluding carboxylic acids is 1. The van der Waals surface area contributed by atoms with Crippen LogP contribution in [0.5, 0.6) is 0 Å². The molecule has 1 N–H and O–H groups in total. The first-order valence-electron chi connectivity index (χ1n) is 3.93. The molecule has 80 valence electrons. The van der Waals surface area contributed by atoms with Crippen LogP contribution in [-0.4, -0.2) is 19.0 Å². The molecular weight excluding hydrogens is 195 g/mol. The van der Waals surface area contributed by atoms with Crippen molar-refractivity contribution in [3.63, 3.8) is 0 Å². The van der Waals surface area contributed by atoms with Gasteiger partial charge in [0.15, 0.2) is 5.78 Å². The van der Waals surface area contributed by atoms with E-state index >= 15 is 0 Å². The van der Waals surface area contributed by atoms with Crippen LogP contribution in [0.15, 0.2) is 23.4 Å². The number of alkyl halides is 3. The molecule has 0 saturated carbocycles. The summed E-state index contributed by atoms with van der Waals surface area (Å²) in [7, 11) is 1.48. The van der Waals surface area contributed by atoms with Crippen LogP contribution in [0.2, 0.25) is 0 Å². The minimum absolute atomic E-state index is 0.147. The van der Waals surface area contributed by atoms with Gasteiger partial charge >= 0.3 is 6.18 Å². The summed E-state index contributed by atoms with van der Waals surface area (Å²) in [5.74, 6) is -0.307. The van der Waals surface area contributed by atoms with E-state index in [1.54, 1.807) is 0 Å². The first kappa shape index (κ1) is 12.7. The zero-order valence-corrected chi connectivity index (χ0v) is 8.20. The molecule has 0 radical (unpaired) electrons. The normalized spacial score (nSPS) is 14.1. The molecule has 0 rings (SSSR count). The van der Waals surface area contributed by atoms with Crippen LogP contribution in [-0.2, 0) is 4.79 Å². The van der Waals surface area contributed by atoms with Gasteiger partial charge in [0.25, 0.3) is 0 Å². The number of rotatable bonds is 3. The fourth-order valence-electron chi connectivity index (χ4n) is 0.680. The Morgan fingerprint density at radius 2 is 1.71 bits per heavy atom. The lowest BCUT2D eigenvalue weighted by Crippen LogP contribution is -2.13. The summed E-state index contributed by atoms with van der Waals surface area (Å²) in [4.78, 5) is 10.8. The van der Waals surface area contributed by atoms with Crippen LogP contribution in [0.4, 0.5) is 13.2 Å². The molecule has 0 aliphatic carbocycles. The van der Waals surface area contributed by atoms with Crippen LogP contribution in [0.3, 0.4) is 0 Å². The predicted octanol–water partition coefficient (Wildman–Crippen LogP) is 2.19. The predicted molar refractivity (Wildman–Crippen MR) is 47.6 cm³/mol. The maximum absolute atomic E-state index is 12.0. The van der Waals surface area contributed by atoms with E-state index < -0.39 is 11.7 Å². The third-order valence-corrected chi connectivity index (χ3v) is 1.60. The molecule has 14 heavy (non-hydrogen) atoms. The summed E-state index contributed by atoms with van der Waals surface area (Å²) in [6, 6.07) is 0. The second-order valence-corrected chi connectivity index (χ2v) is 2.73. The van der Waals surface area contributed by atoms with Crippen LogP contribution >= 0.6 is 0 Å². The highest BCUT2D eigenvalue weighted by atomic mass is 19.4. The van der Waals surface area contributed by atoms with Gasteiger partial charge in [-0.15, -0.1) is 0 Å². The first-order chi connectivity index (χ1) is 6.29. The SMILES string of the molecule is CN/C(=C/C=C(\C)C(F)(F)F)C(C)=O. The van der Waals surface area contributed by atoms with E-state index in [0.29, 0.717) is 0 Å². The van der Waals surface area contributed by atoms with Crippen molar-refractivity contribution in [1.82, 2.24) is 5.32 Å². The maximum atomic E-state index is 12.0. The second-order valence-electron chi connectivity index (χ2n) is 2.73. The lowest BCUT2D eigenvalue weighted by molar-refractivity contribution is -0.114. The number of nitrogens with one attached hydrogen (secondary N) is 1. The Morgan fingerprint density at radius 1 is 1.21 bits per heavy atom. The molecule has 2 nitrogen and oxygen atoms in total. The number of halogens is 3. The van der Waals surface area contributed by atoms with E-state index in [0.717, 1.165) is 19.1 Å². The zero-order valence-electron chi connectivity index (χ0n) is 8.20. The van der Waals surface area contributed by atoms with Crippen molar-refractivity contribution in [2.75, 3.05) is 7.05 Å². The van der Waals surface area contributed by atoms with E-state index in [1.807, 2.05) is 0 Å². The van der Waals surface area contributed by atoms with Crippen LogP contribution in [0, 0.1) is 0 Å². The van der Waals surface area contributed by atoms with Gasteiger partial charge in [-0.2, -0.15) is 13.2 Å². The van der Waals surface area contributed by atoms with Crippen molar-refractivity contribution in [3.8, 4) is 0 Å². The molecule has 5 heteroatoms. The van der Waals surface area contributed by atoms with E-state index in [4.69, 9.17) is 0 Å². The number of carbonyl (C=O) groups is 1. The van der Waals surface area contributed by atoms with Crippen molar-refractivity contribution in [2.45, 2.75) is 20.0 Å². The van der Waals surface area contributed by atoms with Gasteiger partial charge in [-0.25, -0.2) is 0 Å². The van der Waals surface area contributed by atoms with Crippen LogP contribution in [0.25, 0.3) is 0 Å². The Hall–Kier alpha value is -1.26. The van der Waals surface area contributed by atoms with Gasteiger partial charge in [0.2, 0.25) is 0 Å². The van der Waals surface area contributed by atoms with Crippen LogP contribution in [0.1, 0.15) is 13.8 Å². The quantitative estimate of drug-likeness (QED) is 0.567. The first-order valence-corrected chi connectivity index (χ1v) is 3.93. The summed E-state index contributed by atoms with van der Waals surface area (Å²) in [6.45, 7) is 2.23. The summed E-state index contributed by atoms with van der Waals surface area (Å²) in [5, 5.41) is 2.51. The highest BCUT2D eigenvalue weighted by Gasteiger charge is 2.29. The summed E-state index contributed by atoms with van der Waals surface area (Å²) >= 11 is 0. The van der Waals surface area contributed by atoms with Gasteiger partial charge in [-0.3, -0.25) is 4.79 Å². The molecular formula is C9H12F3NO. The van der Waals surface area contributed by atoms with Crippen molar-refractivity contribution in [2.24, 2.45) is 0 Å². The zero-order chi connectivity index (χ0) is 11.4. The van der Waals surface area contributed by atoms with E-state index in [9.17, 15) is 18.0 Å². The molecule has 0 aromatic heterocycles. The molecule has 0 unspecified atom stereocenters. The summed E-state index contributed by atoms with van der Waals surface area (Å²) in [6.07, 6.45) is -2.36. The molecule has 0 atom stereocenters. The monoisotopic (exact) mass is 207 g/mol. The Balaban J connectivity index is 4.76. The number of allylic oxidation sites excluding steroid dienone is 4. The Labute approximate surface area is 80.5 Å². The average molecular weight is 207 g/mol. The van der Waals surface area contributed by atoms with Crippen LogP contribution < -0.4 is 5.32 Å². The number of Topliss-reactive ketones (excluding diaryl/α,β-unsaturated/α-hetero) is 1. The number of hydrogen-bond acceptors (Lipinski definition) is 2. The molecule has 0 amide bonds. The van der Waals surface area contributed by atoms with Crippen molar-refractivity contribution in [1.29, 1.82) is 0 Å². The molecule has 0 aromatic carbocycles. The smallest absolute Gasteiger partial charge is 0.385 e. The molecule has 0 spiro atoms. The third kappa shape index (κ3) is 4.11. The van der Waals surface area contributed by atoms with Crippen molar-refractivity contribution >= 4 is 5.78 Å². The molecule has 0 aliphatic heterocycles. The van der Waals surface area contributed by atoms with Gasteiger partial charge < -0.3 is 5.32 Å². The topological polar surface area (TPSA) is 29.1 Å². The van der Waals surface area contributed by atoms with Gasteiger partial charge in [0.05, 0.1) is 5.70 Å². The van der Waals surface area contributed by atoms with Gasteiger partial charge in [0.1, 0.15) is 0 Å². The lowest BCUT2D eigenvalue weighted by atomic mass is 10.2. The van der Waals surface area contributed by atoms with Gasteiger partial charge in [0, 0.05) is 19.5 Å². The summed E-state index contributed by atoms with van der Waals surface area (Å²) in [5.41, 5.74) is -0.597. The van der Waals surface area contributed by atoms with Gasteiger partial charge in [-0.05, 0) is 13.0 Å². The Kier molecular flexibility index (Phi) is 4.40. The molecule has 0 fully saturated rings. The fourth-order valence-corrected chi connectivity index (χ4v) is 0.680. The lowest BCUT2D eigenvalue weighted by Gasteiger charge is -2.05. The summed E-state index contributed by atoms with van der Waals surface area (Å²) < 4.78 is 36.0. The maximum Gasteiger partial charge on any atom is 0.412 e. The van der Waals surface area contributed by atoms with Crippen molar-refractivity contribution in [3.05, 3.63) is 23.4 Å².